The number of hydrogen-bond acceptors (Lipinski definition) is 4. The predicted octanol–water partition coefficient (Wildman–Crippen LogP) is 3.85. The summed E-state index contributed by atoms with van der Waals surface area (Å²) in [5.41, 5.74) is -1.93. The Kier molecular flexibility index (Phi) is 4.79. The van der Waals surface area contributed by atoms with Gasteiger partial charge in [-0.3, -0.25) is 0 Å². The number of aromatic nitrogens is 5. The van der Waals surface area contributed by atoms with Gasteiger partial charge in [0, 0.05) is 16.7 Å². The van der Waals surface area contributed by atoms with Gasteiger partial charge in [0.1, 0.15) is 29.9 Å². The van der Waals surface area contributed by atoms with Crippen molar-refractivity contribution in [3.8, 4) is 0 Å². The summed E-state index contributed by atoms with van der Waals surface area (Å²) in [7, 11) is 0. The van der Waals surface area contributed by atoms with Crippen LogP contribution in [-0.2, 0) is 12.1 Å². The van der Waals surface area contributed by atoms with E-state index < -0.39 is 29.2 Å². The van der Waals surface area contributed by atoms with Crippen LogP contribution in [0.2, 0.25) is 5.02 Å². The van der Waals surface area contributed by atoms with Gasteiger partial charge in [-0.1, -0.05) is 17.7 Å². The Morgan fingerprint density at radius 1 is 1.17 bits per heavy atom. The molecule has 0 unspecified atom stereocenters. The second-order valence-corrected chi connectivity index (χ2v) is 7.15. The maximum atomic E-state index is 15.1. The van der Waals surface area contributed by atoms with Gasteiger partial charge in [-0.15, -0.1) is 0 Å². The molecule has 2 atom stereocenters. The second kappa shape index (κ2) is 7.16. The van der Waals surface area contributed by atoms with E-state index in [0.29, 0.717) is 16.6 Å². The van der Waals surface area contributed by atoms with Crippen LogP contribution >= 0.6 is 11.6 Å². The van der Waals surface area contributed by atoms with Gasteiger partial charge < -0.3 is 5.11 Å². The van der Waals surface area contributed by atoms with Crippen LogP contribution in [0.15, 0.2) is 49.1 Å². The van der Waals surface area contributed by atoms with Gasteiger partial charge in [-0.25, -0.2) is 23.1 Å². The summed E-state index contributed by atoms with van der Waals surface area (Å²) in [4.78, 5) is 3.81. The van der Waals surface area contributed by atoms with Crippen LogP contribution in [-0.4, -0.2) is 29.7 Å². The molecule has 6 nitrogen and oxygen atoms in total. The van der Waals surface area contributed by atoms with E-state index in [-0.39, 0.29) is 17.5 Å². The number of rotatable bonds is 5. The number of aliphatic hydroxyl groups is 1. The van der Waals surface area contributed by atoms with Gasteiger partial charge in [-0.05, 0) is 31.2 Å². The van der Waals surface area contributed by atoms with Crippen LogP contribution in [0.4, 0.5) is 13.2 Å². The molecule has 2 heterocycles. The molecule has 0 fully saturated rings. The Bertz CT molecular complexity index is 1180. The predicted molar refractivity (Wildman–Crippen MR) is 99.7 cm³/mol. The van der Waals surface area contributed by atoms with Gasteiger partial charge in [0.05, 0.1) is 23.5 Å². The standard InChI is InChI=1S/C19H15ClF3N5O/c1-11(28-18(23)14-6-12(20)2-5-17(14)26-28)19(29,8-27-10-24-9-25-27)15-4-3-13(21)7-16(15)22/h2-7,9-11,29H,8H2,1H3/t11-,19-/m1/s1. The maximum absolute atomic E-state index is 15.1. The molecule has 0 radical (unpaired) electrons. The second-order valence-electron chi connectivity index (χ2n) is 6.71. The number of hydrogen-bond donors (Lipinski definition) is 1. The molecule has 2 aromatic carbocycles. The summed E-state index contributed by atoms with van der Waals surface area (Å²) in [5, 5.41) is 20.2. The van der Waals surface area contributed by atoms with E-state index >= 15 is 4.39 Å². The Morgan fingerprint density at radius 2 is 1.97 bits per heavy atom. The van der Waals surface area contributed by atoms with E-state index in [1.807, 2.05) is 0 Å². The van der Waals surface area contributed by atoms with Crippen molar-refractivity contribution in [1.29, 1.82) is 0 Å². The minimum atomic E-state index is -2.03. The molecular formula is C19H15ClF3N5O. The van der Waals surface area contributed by atoms with Crippen LogP contribution in [0.1, 0.15) is 18.5 Å². The lowest BCUT2D eigenvalue weighted by Gasteiger charge is -2.34. The van der Waals surface area contributed by atoms with Gasteiger partial charge in [0.25, 0.3) is 0 Å². The molecule has 0 amide bonds. The average Bonchev–Trinajstić information content (AvgIpc) is 3.29. The van der Waals surface area contributed by atoms with E-state index in [9.17, 15) is 13.9 Å². The van der Waals surface area contributed by atoms with E-state index in [4.69, 9.17) is 11.6 Å². The zero-order valence-corrected chi connectivity index (χ0v) is 15.9. The molecule has 10 heteroatoms. The number of benzene rings is 2. The molecule has 4 rings (SSSR count). The lowest BCUT2D eigenvalue weighted by molar-refractivity contribution is -0.0400. The molecule has 2 aromatic heterocycles. The number of halogens is 4. The lowest BCUT2D eigenvalue weighted by atomic mass is 9.86. The molecule has 0 bridgehead atoms. The highest BCUT2D eigenvalue weighted by molar-refractivity contribution is 6.31. The van der Waals surface area contributed by atoms with Crippen LogP contribution in [0.5, 0.6) is 0 Å². The van der Waals surface area contributed by atoms with Gasteiger partial charge in [0.2, 0.25) is 5.95 Å². The SMILES string of the molecule is C[C@@H](n1nc2ccc(Cl)cc2c1F)[C@](O)(Cn1cncn1)c1ccc(F)cc1F. The quantitative estimate of drug-likeness (QED) is 0.531. The average molecular weight is 422 g/mol. The van der Waals surface area contributed by atoms with Crippen LogP contribution < -0.4 is 0 Å². The molecular weight excluding hydrogens is 407 g/mol. The molecule has 0 saturated carbocycles. The highest BCUT2D eigenvalue weighted by atomic mass is 35.5. The summed E-state index contributed by atoms with van der Waals surface area (Å²) in [6.07, 6.45) is 2.58. The van der Waals surface area contributed by atoms with Crippen molar-refractivity contribution in [3.05, 3.63) is 77.2 Å². The molecule has 0 spiro atoms. The fourth-order valence-corrected chi connectivity index (χ4v) is 3.52. The van der Waals surface area contributed by atoms with Crippen molar-refractivity contribution in [1.82, 2.24) is 24.5 Å². The van der Waals surface area contributed by atoms with Gasteiger partial charge >= 0.3 is 0 Å². The molecule has 0 aliphatic carbocycles. The minimum Gasteiger partial charge on any atom is -0.381 e. The van der Waals surface area contributed by atoms with Crippen LogP contribution in [0.25, 0.3) is 10.9 Å². The number of fused-ring (bicyclic) bond motifs is 1. The fourth-order valence-electron chi connectivity index (χ4n) is 3.35. The Labute approximate surface area is 168 Å². The van der Waals surface area contributed by atoms with Crippen molar-refractivity contribution in [2.45, 2.75) is 25.1 Å². The third-order valence-electron chi connectivity index (χ3n) is 4.92. The molecule has 4 aromatic rings. The third kappa shape index (κ3) is 3.36. The first-order valence-electron chi connectivity index (χ1n) is 8.63. The first-order valence-corrected chi connectivity index (χ1v) is 9.01. The van der Waals surface area contributed by atoms with Crippen molar-refractivity contribution in [3.63, 3.8) is 0 Å². The summed E-state index contributed by atoms with van der Waals surface area (Å²) < 4.78 is 45.4. The highest BCUT2D eigenvalue weighted by Crippen LogP contribution is 2.38. The van der Waals surface area contributed by atoms with Crippen LogP contribution in [0.3, 0.4) is 0 Å². The fraction of sp³-hybridized carbons (Fsp3) is 0.211. The van der Waals surface area contributed by atoms with E-state index in [0.717, 1.165) is 16.8 Å². The molecule has 0 aliphatic heterocycles. The normalized spacial score (nSPS) is 14.8. The van der Waals surface area contributed by atoms with Crippen LogP contribution in [0, 0.1) is 17.6 Å². The molecule has 0 aliphatic rings. The summed E-state index contributed by atoms with van der Waals surface area (Å²) in [6.45, 7) is 1.21. The Balaban J connectivity index is 1.87. The topological polar surface area (TPSA) is 68.8 Å². The van der Waals surface area contributed by atoms with E-state index in [1.54, 1.807) is 12.1 Å². The van der Waals surface area contributed by atoms with E-state index in [1.165, 1.54) is 30.3 Å². The monoisotopic (exact) mass is 421 g/mol. The van der Waals surface area contributed by atoms with E-state index in [2.05, 4.69) is 15.2 Å². The largest absolute Gasteiger partial charge is 0.381 e. The van der Waals surface area contributed by atoms with Crippen molar-refractivity contribution >= 4 is 22.5 Å². The molecule has 1 N–H and O–H groups in total. The molecule has 150 valence electrons. The number of nitrogens with zero attached hydrogens (tertiary/aromatic N) is 5. The summed E-state index contributed by atoms with van der Waals surface area (Å²) in [5.74, 6) is -2.51. The molecule has 0 saturated heterocycles. The minimum absolute atomic E-state index is 0.159. The van der Waals surface area contributed by atoms with Gasteiger partial charge in [-0.2, -0.15) is 14.6 Å². The zero-order valence-electron chi connectivity index (χ0n) is 15.1. The van der Waals surface area contributed by atoms with Gasteiger partial charge in [0.15, 0.2) is 0 Å². The first kappa shape index (κ1) is 19.4. The lowest BCUT2D eigenvalue weighted by Crippen LogP contribution is -2.41. The Morgan fingerprint density at radius 3 is 2.66 bits per heavy atom. The summed E-state index contributed by atoms with van der Waals surface area (Å²) in [6, 6.07) is 6.22. The molecule has 29 heavy (non-hydrogen) atoms. The van der Waals surface area contributed by atoms with Crippen molar-refractivity contribution in [2.75, 3.05) is 0 Å². The smallest absolute Gasteiger partial charge is 0.219 e. The zero-order chi connectivity index (χ0) is 20.8. The van der Waals surface area contributed by atoms with Crippen molar-refractivity contribution < 1.29 is 18.3 Å². The third-order valence-corrected chi connectivity index (χ3v) is 5.16. The first-order chi connectivity index (χ1) is 13.8. The summed E-state index contributed by atoms with van der Waals surface area (Å²) >= 11 is 5.94. The Hall–Kier alpha value is -2.91. The maximum Gasteiger partial charge on any atom is 0.219 e. The van der Waals surface area contributed by atoms with Crippen molar-refractivity contribution in [2.24, 2.45) is 0 Å². The highest BCUT2D eigenvalue weighted by Gasteiger charge is 2.42.